The van der Waals surface area contributed by atoms with Gasteiger partial charge in [0.2, 0.25) is 0 Å². The van der Waals surface area contributed by atoms with Gasteiger partial charge in [0.05, 0.1) is 12.8 Å². The van der Waals surface area contributed by atoms with Crippen LogP contribution in [0.2, 0.25) is 0 Å². The lowest BCUT2D eigenvalue weighted by atomic mass is 10.1. The number of urea groups is 1. The number of benzene rings is 2. The van der Waals surface area contributed by atoms with Crippen molar-refractivity contribution in [3.05, 3.63) is 83.9 Å². The number of hydrogen-bond donors (Lipinski definition) is 1. The maximum absolute atomic E-state index is 13.2. The van der Waals surface area contributed by atoms with Crippen LogP contribution < -0.4 is 15.0 Å². The Bertz CT molecular complexity index is 1160. The molecule has 1 aromatic heterocycles. The van der Waals surface area contributed by atoms with Crippen LogP contribution in [-0.4, -0.2) is 29.5 Å². The molecule has 2 heterocycles. The molecule has 1 N–H and O–H groups in total. The molecular formula is C22H16FN3O4. The van der Waals surface area contributed by atoms with Crippen molar-refractivity contribution >= 4 is 29.6 Å². The summed E-state index contributed by atoms with van der Waals surface area (Å²) in [4.78, 5) is 38.3. The Balaban J connectivity index is 1.71. The summed E-state index contributed by atoms with van der Waals surface area (Å²) in [5, 5.41) is 2.15. The molecule has 1 aliphatic heterocycles. The smallest absolute Gasteiger partial charge is 0.335 e. The van der Waals surface area contributed by atoms with Crippen molar-refractivity contribution in [3.63, 3.8) is 0 Å². The summed E-state index contributed by atoms with van der Waals surface area (Å²) < 4.78 is 20.2. The molecule has 0 radical (unpaired) electrons. The van der Waals surface area contributed by atoms with Gasteiger partial charge >= 0.3 is 6.03 Å². The minimum atomic E-state index is -0.890. The number of ether oxygens (including phenoxy) is 1. The van der Waals surface area contributed by atoms with Crippen molar-refractivity contribution in [3.8, 4) is 11.4 Å². The number of carbonyl (C=O) groups excluding carboxylic acids is 3. The third-order valence-corrected chi connectivity index (χ3v) is 4.61. The summed E-state index contributed by atoms with van der Waals surface area (Å²) in [6, 6.07) is 14.7. The second-order valence-electron chi connectivity index (χ2n) is 6.44. The second kappa shape index (κ2) is 7.67. The van der Waals surface area contributed by atoms with Crippen molar-refractivity contribution in [2.75, 3.05) is 12.0 Å². The van der Waals surface area contributed by atoms with Crippen molar-refractivity contribution in [1.29, 1.82) is 0 Å². The highest BCUT2D eigenvalue weighted by Gasteiger charge is 2.37. The summed E-state index contributed by atoms with van der Waals surface area (Å²) in [6.07, 6.45) is 3.19. The number of imide groups is 2. The molecule has 1 fully saturated rings. The first kappa shape index (κ1) is 19.1. The zero-order chi connectivity index (χ0) is 21.3. The van der Waals surface area contributed by atoms with Gasteiger partial charge in [-0.15, -0.1) is 0 Å². The van der Waals surface area contributed by atoms with Crippen molar-refractivity contribution in [2.24, 2.45) is 0 Å². The fraction of sp³-hybridized carbons (Fsp3) is 0.0455. The summed E-state index contributed by atoms with van der Waals surface area (Å²) in [6.45, 7) is 0. The Hall–Kier alpha value is -4.20. The number of aromatic nitrogens is 1. The summed E-state index contributed by atoms with van der Waals surface area (Å²) in [7, 11) is 1.57. The highest BCUT2D eigenvalue weighted by Crippen LogP contribution is 2.24. The van der Waals surface area contributed by atoms with Gasteiger partial charge in [-0.2, -0.15) is 0 Å². The molecule has 3 aromatic rings. The van der Waals surface area contributed by atoms with E-state index in [1.807, 2.05) is 12.1 Å². The molecule has 30 heavy (non-hydrogen) atoms. The summed E-state index contributed by atoms with van der Waals surface area (Å²) in [5.41, 5.74) is 1.30. The molecule has 8 heteroatoms. The number of nitrogens with zero attached hydrogens (tertiary/aromatic N) is 2. The first-order chi connectivity index (χ1) is 14.5. The number of anilines is 1. The fourth-order valence-electron chi connectivity index (χ4n) is 3.12. The number of methoxy groups -OCH3 is 1. The van der Waals surface area contributed by atoms with E-state index in [-0.39, 0.29) is 11.3 Å². The largest absolute Gasteiger partial charge is 0.497 e. The van der Waals surface area contributed by atoms with Crippen LogP contribution in [0.25, 0.3) is 11.8 Å². The predicted molar refractivity (Wildman–Crippen MR) is 108 cm³/mol. The number of rotatable bonds is 4. The van der Waals surface area contributed by atoms with Gasteiger partial charge < -0.3 is 9.30 Å². The first-order valence-electron chi connectivity index (χ1n) is 8.97. The molecule has 1 saturated heterocycles. The first-order valence-corrected chi connectivity index (χ1v) is 8.97. The maximum atomic E-state index is 13.2. The number of barbiturate groups is 1. The average molecular weight is 405 g/mol. The quantitative estimate of drug-likeness (QED) is 0.534. The number of nitrogens with one attached hydrogen (secondary N) is 1. The van der Waals surface area contributed by atoms with Crippen LogP contribution in [-0.2, 0) is 9.59 Å². The van der Waals surface area contributed by atoms with Crippen molar-refractivity contribution in [2.45, 2.75) is 0 Å². The minimum Gasteiger partial charge on any atom is -0.497 e. The topological polar surface area (TPSA) is 80.6 Å². The zero-order valence-corrected chi connectivity index (χ0v) is 15.8. The molecule has 0 saturated carbocycles. The number of amides is 4. The van der Waals surface area contributed by atoms with Gasteiger partial charge in [-0.05, 0) is 66.7 Å². The van der Waals surface area contributed by atoms with E-state index in [0.29, 0.717) is 11.4 Å². The molecule has 4 amide bonds. The maximum Gasteiger partial charge on any atom is 0.335 e. The molecule has 150 valence electrons. The number of halogens is 1. The van der Waals surface area contributed by atoms with Crippen LogP contribution >= 0.6 is 0 Å². The lowest BCUT2D eigenvalue weighted by Gasteiger charge is -2.26. The highest BCUT2D eigenvalue weighted by atomic mass is 19.1. The normalized spacial score (nSPS) is 15.5. The summed E-state index contributed by atoms with van der Waals surface area (Å²) >= 11 is 0. The van der Waals surface area contributed by atoms with Gasteiger partial charge in [-0.3, -0.25) is 14.9 Å². The Morgan fingerprint density at radius 1 is 0.933 bits per heavy atom. The van der Waals surface area contributed by atoms with Gasteiger partial charge in [-0.1, -0.05) is 0 Å². The monoisotopic (exact) mass is 405 g/mol. The van der Waals surface area contributed by atoms with E-state index in [9.17, 15) is 18.8 Å². The molecule has 0 bridgehead atoms. The molecular weight excluding hydrogens is 389 g/mol. The Morgan fingerprint density at radius 2 is 1.60 bits per heavy atom. The molecule has 0 unspecified atom stereocenters. The lowest BCUT2D eigenvalue weighted by molar-refractivity contribution is -0.122. The van der Waals surface area contributed by atoms with Crippen molar-refractivity contribution in [1.82, 2.24) is 9.88 Å². The van der Waals surface area contributed by atoms with Crippen LogP contribution in [0, 0.1) is 5.82 Å². The van der Waals surface area contributed by atoms with E-state index in [2.05, 4.69) is 5.32 Å². The van der Waals surface area contributed by atoms with Gasteiger partial charge in [-0.25, -0.2) is 14.1 Å². The Morgan fingerprint density at radius 3 is 2.27 bits per heavy atom. The molecule has 0 atom stereocenters. The van der Waals surface area contributed by atoms with E-state index >= 15 is 0 Å². The van der Waals surface area contributed by atoms with Crippen LogP contribution in [0.5, 0.6) is 5.75 Å². The SMILES string of the molecule is COc1ccc(-n2cccc2/C=C2\C(=O)NC(=O)N(c3ccc(F)cc3)C2=O)cc1. The van der Waals surface area contributed by atoms with E-state index in [1.54, 1.807) is 42.1 Å². The number of hydrogen-bond acceptors (Lipinski definition) is 4. The van der Waals surface area contributed by atoms with Crippen molar-refractivity contribution < 1.29 is 23.5 Å². The van der Waals surface area contributed by atoms with Crippen LogP contribution in [0.4, 0.5) is 14.9 Å². The zero-order valence-electron chi connectivity index (χ0n) is 15.8. The number of carbonyl (C=O) groups is 3. The van der Waals surface area contributed by atoms with E-state index in [0.717, 1.165) is 22.7 Å². The standard InChI is InChI=1S/C22H16FN3O4/c1-30-18-10-8-15(9-11-18)25-12-2-3-17(25)13-19-20(27)24-22(29)26(21(19)28)16-6-4-14(23)5-7-16/h2-13H,1H3,(H,24,27,29)/b19-13+. The lowest BCUT2D eigenvalue weighted by Crippen LogP contribution is -2.54. The third kappa shape index (κ3) is 3.46. The van der Waals surface area contributed by atoms with Gasteiger partial charge in [0.1, 0.15) is 17.1 Å². The second-order valence-corrected chi connectivity index (χ2v) is 6.44. The Labute approximate surface area is 171 Å². The molecule has 0 spiro atoms. The molecule has 7 nitrogen and oxygen atoms in total. The van der Waals surface area contributed by atoms with Crippen LogP contribution in [0.3, 0.4) is 0 Å². The predicted octanol–water partition coefficient (Wildman–Crippen LogP) is 3.29. The Kier molecular flexibility index (Phi) is 4.89. The van der Waals surface area contributed by atoms with Gasteiger partial charge in [0.15, 0.2) is 0 Å². The van der Waals surface area contributed by atoms with Gasteiger partial charge in [0, 0.05) is 17.6 Å². The molecule has 2 aromatic carbocycles. The van der Waals surface area contributed by atoms with Gasteiger partial charge in [0.25, 0.3) is 11.8 Å². The highest BCUT2D eigenvalue weighted by molar-refractivity contribution is 6.39. The van der Waals surface area contributed by atoms with Crippen LogP contribution in [0.1, 0.15) is 5.69 Å². The van der Waals surface area contributed by atoms with Crippen LogP contribution in [0.15, 0.2) is 72.4 Å². The third-order valence-electron chi connectivity index (χ3n) is 4.61. The summed E-state index contributed by atoms with van der Waals surface area (Å²) in [5.74, 6) is -1.41. The molecule has 4 rings (SSSR count). The van der Waals surface area contributed by atoms with E-state index < -0.39 is 23.7 Å². The fourth-order valence-corrected chi connectivity index (χ4v) is 3.12. The molecule has 0 aliphatic carbocycles. The average Bonchev–Trinajstić information content (AvgIpc) is 3.20. The molecule has 1 aliphatic rings. The van der Waals surface area contributed by atoms with E-state index in [4.69, 9.17) is 4.74 Å². The van der Waals surface area contributed by atoms with E-state index in [1.165, 1.54) is 18.2 Å². The minimum absolute atomic E-state index is 0.155.